The van der Waals surface area contributed by atoms with Crippen molar-refractivity contribution in [1.82, 2.24) is 30.2 Å². The van der Waals surface area contributed by atoms with Crippen LogP contribution in [0.4, 0.5) is 8.78 Å². The second-order valence-corrected chi connectivity index (χ2v) is 11.1. The molecule has 0 bridgehead atoms. The number of halogens is 2. The molecule has 12 heteroatoms. The third-order valence-electron chi connectivity index (χ3n) is 10.1. The second kappa shape index (κ2) is 5.90. The van der Waals surface area contributed by atoms with Crippen LogP contribution in [0.5, 0.6) is 0 Å². The maximum Gasteiger partial charge on any atom is 0.417 e. The molecule has 6 saturated carbocycles. The summed E-state index contributed by atoms with van der Waals surface area (Å²) in [4.78, 5) is 44.1. The number of H-pyrrole nitrogens is 1. The van der Waals surface area contributed by atoms with Gasteiger partial charge in [-0.05, 0) is 40.9 Å². The molecule has 0 spiro atoms. The Bertz CT molecular complexity index is 1750. The molecule has 0 aliphatic heterocycles. The fraction of sp³-hybridized carbons (Fsp3) is 0.400. The summed E-state index contributed by atoms with van der Waals surface area (Å²) in [6.45, 7) is 0.559. The zero-order valence-electron chi connectivity index (χ0n) is 19.0. The molecule has 0 radical (unpaired) electrons. The summed E-state index contributed by atoms with van der Waals surface area (Å²) in [6.07, 6.45) is 0.945. The van der Waals surface area contributed by atoms with Gasteiger partial charge in [-0.2, -0.15) is 5.10 Å². The minimum atomic E-state index is -0.889. The summed E-state index contributed by atoms with van der Waals surface area (Å²) in [5.41, 5.74) is 0.358. The van der Waals surface area contributed by atoms with Crippen LogP contribution in [-0.2, 0) is 6.54 Å². The van der Waals surface area contributed by atoms with Crippen LogP contribution in [0, 0.1) is 46.7 Å². The van der Waals surface area contributed by atoms with Crippen molar-refractivity contribution in [1.29, 1.82) is 0 Å². The first-order valence-electron chi connectivity index (χ1n) is 12.3. The molecule has 6 aliphatic rings. The highest BCUT2D eigenvalue weighted by atomic mass is 19.1. The van der Waals surface area contributed by atoms with Crippen molar-refractivity contribution in [2.45, 2.75) is 12.2 Å². The number of nitrogens with zero attached hydrogens (tertiary/aromatic N) is 3. The van der Waals surface area contributed by atoms with Crippen molar-refractivity contribution in [3.05, 3.63) is 63.8 Å². The fourth-order valence-electron chi connectivity index (χ4n) is 8.89. The van der Waals surface area contributed by atoms with E-state index in [0.29, 0.717) is 41.0 Å². The standard InChI is InChI=1S/C25H18F2N6O4/c26-9-6-30-33-12(22(35)29-7-24-14-17-15(24)19-16(24)18(14)25(17,19)27)4-11(31-20(9)33)21(34)28-5-8-1-2-13-10(3-8)32-23(36)37-13/h1-4,6,14-19H,5,7H2,(H,28,34)(H,29,35)(H,32,36). The molecule has 10 nitrogen and oxygen atoms in total. The van der Waals surface area contributed by atoms with Crippen LogP contribution in [-0.4, -0.2) is 43.6 Å². The van der Waals surface area contributed by atoms with Gasteiger partial charge in [-0.3, -0.25) is 14.6 Å². The Kier molecular flexibility index (Phi) is 3.19. The molecule has 3 aromatic heterocycles. The van der Waals surface area contributed by atoms with E-state index in [1.165, 1.54) is 6.07 Å². The number of aromatic amines is 1. The van der Waals surface area contributed by atoms with Gasteiger partial charge in [-0.25, -0.2) is 23.1 Å². The number of hydrogen-bond donors (Lipinski definition) is 3. The first-order valence-corrected chi connectivity index (χ1v) is 12.3. The molecule has 3 heterocycles. The van der Waals surface area contributed by atoms with E-state index in [1.807, 2.05) is 0 Å². The van der Waals surface area contributed by atoms with Crippen LogP contribution in [0.25, 0.3) is 16.7 Å². The summed E-state index contributed by atoms with van der Waals surface area (Å²) >= 11 is 0. The van der Waals surface area contributed by atoms with Gasteiger partial charge >= 0.3 is 5.76 Å². The van der Waals surface area contributed by atoms with Crippen LogP contribution in [0.2, 0.25) is 0 Å². The summed E-state index contributed by atoms with van der Waals surface area (Å²) < 4.78 is 35.1. The molecule has 6 aliphatic carbocycles. The van der Waals surface area contributed by atoms with E-state index >= 15 is 0 Å². The lowest BCUT2D eigenvalue weighted by atomic mass is 8.95. The van der Waals surface area contributed by atoms with Crippen LogP contribution in [0.15, 0.2) is 39.7 Å². The zero-order valence-corrected chi connectivity index (χ0v) is 19.0. The Morgan fingerprint density at radius 3 is 2.59 bits per heavy atom. The molecule has 0 saturated heterocycles. The number of fused-ring (bicyclic) bond motifs is 2. The number of oxazole rings is 1. The number of rotatable bonds is 6. The number of aromatic nitrogens is 4. The molecule has 2 amide bonds. The summed E-state index contributed by atoms with van der Waals surface area (Å²) in [7, 11) is 0. The first-order chi connectivity index (χ1) is 17.8. The highest BCUT2D eigenvalue weighted by Gasteiger charge is 3.10. The molecule has 4 aromatic rings. The largest absolute Gasteiger partial charge is 0.417 e. The monoisotopic (exact) mass is 504 g/mol. The zero-order chi connectivity index (χ0) is 25.0. The Morgan fingerprint density at radius 2 is 1.84 bits per heavy atom. The van der Waals surface area contributed by atoms with Gasteiger partial charge in [0.1, 0.15) is 17.1 Å². The number of amides is 2. The van der Waals surface area contributed by atoms with Crippen molar-refractivity contribution >= 4 is 28.6 Å². The van der Waals surface area contributed by atoms with Crippen molar-refractivity contribution in [2.75, 3.05) is 6.54 Å². The fourth-order valence-corrected chi connectivity index (χ4v) is 8.89. The van der Waals surface area contributed by atoms with E-state index < -0.39 is 29.1 Å². The average Bonchev–Trinajstić information content (AvgIpc) is 3.47. The van der Waals surface area contributed by atoms with E-state index in [1.54, 1.807) is 18.2 Å². The van der Waals surface area contributed by atoms with Gasteiger partial charge in [0.2, 0.25) is 0 Å². The lowest BCUT2D eigenvalue weighted by Gasteiger charge is -3.09. The van der Waals surface area contributed by atoms with Crippen LogP contribution in [0.3, 0.4) is 0 Å². The van der Waals surface area contributed by atoms with Crippen molar-refractivity contribution in [3.63, 3.8) is 0 Å². The summed E-state index contributed by atoms with van der Waals surface area (Å²) in [6, 6.07) is 6.26. The van der Waals surface area contributed by atoms with E-state index in [-0.39, 0.29) is 46.7 Å². The van der Waals surface area contributed by atoms with Gasteiger partial charge < -0.3 is 15.1 Å². The number of carbonyl (C=O) groups is 2. The van der Waals surface area contributed by atoms with Crippen molar-refractivity contribution in [3.8, 4) is 0 Å². The molecule has 0 unspecified atom stereocenters. The molecular weight excluding hydrogens is 486 g/mol. The topological polar surface area (TPSA) is 134 Å². The lowest BCUT2D eigenvalue weighted by Crippen LogP contribution is -3.12. The quantitative estimate of drug-likeness (QED) is 0.364. The highest BCUT2D eigenvalue weighted by Crippen LogP contribution is 3.07. The van der Waals surface area contributed by atoms with Gasteiger partial charge in [-0.15, -0.1) is 0 Å². The lowest BCUT2D eigenvalue weighted by molar-refractivity contribution is -0.645. The smallest absolute Gasteiger partial charge is 0.408 e. The Hall–Kier alpha value is -4.09. The van der Waals surface area contributed by atoms with Crippen LogP contribution >= 0.6 is 0 Å². The summed E-state index contributed by atoms with van der Waals surface area (Å²) in [5.74, 6) is -0.671. The van der Waals surface area contributed by atoms with Crippen molar-refractivity contribution < 1.29 is 22.8 Å². The normalized spacial score (nSPS) is 36.6. The Morgan fingerprint density at radius 1 is 1.08 bits per heavy atom. The predicted molar refractivity (Wildman–Crippen MR) is 120 cm³/mol. The number of hydrogen-bond acceptors (Lipinski definition) is 6. The SMILES string of the molecule is O=C(NCc1ccc2oc(=O)[nH]c2c1)c1cc(C(=O)NCC23C4C5C2C2C3C4C52F)n2ncc(F)c2n1. The molecule has 6 fully saturated rings. The van der Waals surface area contributed by atoms with Gasteiger partial charge in [0.15, 0.2) is 17.0 Å². The van der Waals surface area contributed by atoms with E-state index in [4.69, 9.17) is 4.42 Å². The number of carbonyl (C=O) groups excluding carboxylic acids is 2. The molecule has 10 rings (SSSR count). The van der Waals surface area contributed by atoms with Crippen LogP contribution < -0.4 is 16.4 Å². The molecule has 1 aromatic carbocycles. The highest BCUT2D eigenvalue weighted by molar-refractivity contribution is 5.98. The Labute approximate surface area is 205 Å². The predicted octanol–water partition coefficient (Wildman–Crippen LogP) is 1.42. The maximum absolute atomic E-state index is 14.6. The second-order valence-electron chi connectivity index (χ2n) is 11.1. The van der Waals surface area contributed by atoms with Crippen molar-refractivity contribution in [2.24, 2.45) is 40.9 Å². The average molecular weight is 504 g/mol. The van der Waals surface area contributed by atoms with Crippen LogP contribution in [0.1, 0.15) is 26.5 Å². The molecular formula is C25H18F2N6O4. The van der Waals surface area contributed by atoms with E-state index in [9.17, 15) is 23.2 Å². The minimum absolute atomic E-state index is 0.00433. The number of nitrogens with one attached hydrogen (secondary N) is 3. The third-order valence-corrected chi connectivity index (χ3v) is 10.1. The minimum Gasteiger partial charge on any atom is -0.408 e. The molecule has 186 valence electrons. The maximum atomic E-state index is 14.6. The summed E-state index contributed by atoms with van der Waals surface area (Å²) in [5, 5.41) is 9.58. The molecule has 37 heavy (non-hydrogen) atoms. The van der Waals surface area contributed by atoms with Gasteiger partial charge in [0.05, 0.1) is 11.7 Å². The van der Waals surface area contributed by atoms with Gasteiger partial charge in [-0.1, -0.05) is 6.07 Å². The Balaban J connectivity index is 0.954. The number of benzene rings is 1. The van der Waals surface area contributed by atoms with E-state index in [2.05, 4.69) is 25.7 Å². The molecule has 3 N–H and O–H groups in total. The third kappa shape index (κ3) is 1.95. The molecule has 0 atom stereocenters. The first kappa shape index (κ1) is 20.0. The van der Waals surface area contributed by atoms with Gasteiger partial charge in [0, 0.05) is 36.9 Å². The van der Waals surface area contributed by atoms with E-state index in [0.717, 1.165) is 10.7 Å². The van der Waals surface area contributed by atoms with Gasteiger partial charge in [0.25, 0.3) is 11.8 Å². The number of alkyl halides is 1.